The summed E-state index contributed by atoms with van der Waals surface area (Å²) in [5, 5.41) is 13.4. The lowest BCUT2D eigenvalue weighted by atomic mass is 9.87. The summed E-state index contributed by atoms with van der Waals surface area (Å²) in [5.74, 6) is -10.8. The predicted molar refractivity (Wildman–Crippen MR) is 336 cm³/mol. The van der Waals surface area contributed by atoms with Gasteiger partial charge < -0.3 is 55.3 Å². The molecule has 0 unspecified atom stereocenters. The minimum atomic E-state index is -1.40. The molecular formula is C64H100N10O12S. The Hall–Kier alpha value is -6.69. The summed E-state index contributed by atoms with van der Waals surface area (Å²) in [5.41, 5.74) is 30.4. The number of hydrogen-bond donors (Lipinski definition) is 10. The highest BCUT2D eigenvalue weighted by molar-refractivity contribution is 7.99. The van der Waals surface area contributed by atoms with Crippen molar-refractivity contribution < 1.29 is 57.5 Å². The van der Waals surface area contributed by atoms with Crippen LogP contribution in [0.1, 0.15) is 155 Å². The molecule has 87 heavy (non-hydrogen) atoms. The Morgan fingerprint density at radius 3 is 1.57 bits per heavy atom. The second-order valence-electron chi connectivity index (χ2n) is 24.2. The van der Waals surface area contributed by atoms with E-state index in [0.29, 0.717) is 45.2 Å². The van der Waals surface area contributed by atoms with Crippen LogP contribution >= 0.6 is 11.8 Å². The number of rotatable bonds is 47. The fourth-order valence-corrected chi connectivity index (χ4v) is 10.9. The number of nitrogens with two attached hydrogens (primary N) is 5. The number of primary amides is 2. The van der Waals surface area contributed by atoms with Crippen molar-refractivity contribution in [2.24, 2.45) is 70.1 Å². The summed E-state index contributed by atoms with van der Waals surface area (Å²) in [6, 6.07) is 12.4. The van der Waals surface area contributed by atoms with Crippen LogP contribution in [0.25, 0.3) is 0 Å². The number of carbonyl (C=O) groups is 12. The fraction of sp³-hybridized carbons (Fsp3) is 0.625. The lowest BCUT2D eigenvalue weighted by Gasteiger charge is -2.26. The Morgan fingerprint density at radius 1 is 0.494 bits per heavy atom. The van der Waals surface area contributed by atoms with Crippen LogP contribution < -0.4 is 55.3 Å². The molecule has 0 bridgehead atoms. The van der Waals surface area contributed by atoms with Crippen molar-refractivity contribution in [1.82, 2.24) is 26.6 Å². The van der Waals surface area contributed by atoms with Gasteiger partial charge in [-0.15, -0.1) is 11.8 Å². The van der Waals surface area contributed by atoms with Crippen LogP contribution in [0.15, 0.2) is 59.5 Å². The summed E-state index contributed by atoms with van der Waals surface area (Å²) in [6.45, 7) is 13.0. The van der Waals surface area contributed by atoms with Crippen LogP contribution in [-0.4, -0.2) is 126 Å². The molecule has 0 aliphatic heterocycles. The van der Waals surface area contributed by atoms with Gasteiger partial charge in [0.05, 0.1) is 49.6 Å². The molecule has 0 saturated carbocycles. The van der Waals surface area contributed by atoms with E-state index in [1.54, 1.807) is 0 Å². The number of Topliss-reactive ketones (excluding diaryl/α,β-unsaturated/α-hetero) is 5. The van der Waals surface area contributed by atoms with Gasteiger partial charge >= 0.3 is 0 Å². The Kier molecular flexibility index (Phi) is 36.4. The number of nitrogens with one attached hydrogen (secondary N) is 5. The van der Waals surface area contributed by atoms with Crippen LogP contribution in [-0.2, 0) is 64.0 Å². The molecule has 23 heteroatoms. The van der Waals surface area contributed by atoms with E-state index in [1.807, 2.05) is 103 Å². The van der Waals surface area contributed by atoms with Gasteiger partial charge in [0.15, 0.2) is 28.9 Å². The van der Waals surface area contributed by atoms with E-state index >= 15 is 0 Å². The number of thioether (sulfide) groups is 1. The maximum Gasteiger partial charge on any atom is 0.237 e. The van der Waals surface area contributed by atoms with E-state index in [2.05, 4.69) is 26.6 Å². The molecule has 0 spiro atoms. The quantitative estimate of drug-likeness (QED) is 0.0333. The minimum Gasteiger partial charge on any atom is -0.370 e. The van der Waals surface area contributed by atoms with E-state index < -0.39 is 132 Å². The summed E-state index contributed by atoms with van der Waals surface area (Å²) in [4.78, 5) is 162. The van der Waals surface area contributed by atoms with Gasteiger partial charge in [-0.25, -0.2) is 0 Å². The van der Waals surface area contributed by atoms with E-state index in [9.17, 15) is 57.5 Å². The summed E-state index contributed by atoms with van der Waals surface area (Å²) in [7, 11) is 0. The SMILES string of the molecule is Cc1ccc(SC[C@H](CC(=O)CNC(=O)CCC(=O)[C@H](Cc2ccccc2)NC(=O)[C@@H](N)CC(C)C)C(=O)NCC(=O)C[C@@H](CC(C)C)C(=O)N[C@@H](CC(C)C)C(=O)C[C@@H](CCCCN)C(=O)N[C@@H](CC(N)=O)C(=O)C[C@@H](CCCCN)C(N)=O)cc1. The molecule has 22 nitrogen and oxygen atoms in total. The number of ketones is 5. The van der Waals surface area contributed by atoms with E-state index in [0.717, 1.165) is 16.0 Å². The van der Waals surface area contributed by atoms with Gasteiger partial charge in [-0.1, -0.05) is 102 Å². The highest BCUT2D eigenvalue weighted by atomic mass is 32.2. The van der Waals surface area contributed by atoms with Crippen molar-refractivity contribution >= 4 is 82.0 Å². The van der Waals surface area contributed by atoms with Crippen LogP contribution in [0.5, 0.6) is 0 Å². The average Bonchev–Trinajstić information content (AvgIpc) is 3.18. The molecular weight excluding hydrogens is 1130 g/mol. The number of unbranched alkanes of at least 4 members (excludes halogenated alkanes) is 2. The van der Waals surface area contributed by atoms with Crippen molar-refractivity contribution in [2.75, 3.05) is 31.9 Å². The molecule has 0 heterocycles. The first-order valence-electron chi connectivity index (χ1n) is 30.7. The lowest BCUT2D eigenvalue weighted by molar-refractivity contribution is -0.136. The third-order valence-electron chi connectivity index (χ3n) is 14.7. The normalized spacial score (nSPS) is 14.1. The molecule has 7 amide bonds. The minimum absolute atomic E-state index is 0.0865. The Balaban J connectivity index is 2.23. The van der Waals surface area contributed by atoms with Gasteiger partial charge in [0.2, 0.25) is 41.4 Å². The van der Waals surface area contributed by atoms with Gasteiger partial charge in [0.1, 0.15) is 0 Å². The standard InChI is InChI=1S/C64H100N10O12S/c1-39(2)27-46(63(85)72-52(29-41(5)6)57(79)34-45(18-12-14-26-66)62(84)73-54(35-58(68)80)56(78)33-44(60(69)82)17-11-13-25-65)31-48(75)37-71-61(83)47(38-87-50-21-19-42(7)20-22-50)32-49(76)36-70-59(81)24-23-55(77)53(30-43-15-9-8-10-16-43)74-64(86)51(67)28-40(3)4/h8-10,15-16,19-22,39-41,44-47,51-54H,11-14,17-18,23-38,65-67H2,1-7H3,(H2,68,80)(H2,69,82)(H,70,81)(H,71,83)(H,72,85)(H,73,84)(H,74,86)/t44-,45-,46-,47+,51+,52+,53+,54+/m1/s1. The zero-order valence-electron chi connectivity index (χ0n) is 52.3. The molecule has 0 fully saturated rings. The van der Waals surface area contributed by atoms with Gasteiger partial charge in [0, 0.05) is 66.9 Å². The molecule has 8 atom stereocenters. The maximum atomic E-state index is 14.3. The van der Waals surface area contributed by atoms with Crippen molar-refractivity contribution in [3.8, 4) is 0 Å². The zero-order valence-corrected chi connectivity index (χ0v) is 53.1. The van der Waals surface area contributed by atoms with Crippen LogP contribution in [0.4, 0.5) is 0 Å². The number of carbonyl (C=O) groups excluding carboxylic acids is 12. The van der Waals surface area contributed by atoms with Gasteiger partial charge in [-0.05, 0) is 107 Å². The van der Waals surface area contributed by atoms with Crippen LogP contribution in [0, 0.1) is 48.3 Å². The Labute approximate surface area is 518 Å². The first-order valence-corrected chi connectivity index (χ1v) is 31.6. The van der Waals surface area contributed by atoms with Crippen molar-refractivity contribution in [3.05, 3.63) is 65.7 Å². The van der Waals surface area contributed by atoms with E-state index in [1.165, 1.54) is 11.8 Å². The maximum absolute atomic E-state index is 14.3. The van der Waals surface area contributed by atoms with Crippen molar-refractivity contribution in [2.45, 2.75) is 187 Å². The van der Waals surface area contributed by atoms with Crippen molar-refractivity contribution in [3.63, 3.8) is 0 Å². The molecule has 0 radical (unpaired) electrons. The molecule has 0 aliphatic rings. The number of amides is 7. The highest BCUT2D eigenvalue weighted by Crippen LogP contribution is 2.25. The zero-order chi connectivity index (χ0) is 65.2. The molecule has 2 rings (SSSR count). The first kappa shape index (κ1) is 76.4. The molecule has 0 saturated heterocycles. The topological polar surface area (TPSA) is 395 Å². The summed E-state index contributed by atoms with van der Waals surface area (Å²) in [6.07, 6.45) is 1.12. The average molecular weight is 1230 g/mol. The number of aryl methyl sites for hydroxylation is 1. The van der Waals surface area contributed by atoms with E-state index in [4.69, 9.17) is 28.7 Å². The van der Waals surface area contributed by atoms with Crippen LogP contribution in [0.3, 0.4) is 0 Å². The predicted octanol–water partition coefficient (Wildman–Crippen LogP) is 3.75. The summed E-state index contributed by atoms with van der Waals surface area (Å²) >= 11 is 1.33. The molecule has 2 aromatic carbocycles. The second-order valence-corrected chi connectivity index (χ2v) is 25.3. The third kappa shape index (κ3) is 32.2. The third-order valence-corrected chi connectivity index (χ3v) is 15.9. The largest absolute Gasteiger partial charge is 0.370 e. The Morgan fingerprint density at radius 2 is 1.01 bits per heavy atom. The molecule has 484 valence electrons. The monoisotopic (exact) mass is 1230 g/mol. The van der Waals surface area contributed by atoms with Gasteiger partial charge in [-0.2, -0.15) is 0 Å². The molecule has 0 aromatic heterocycles. The first-order chi connectivity index (χ1) is 41.1. The number of hydrogen-bond acceptors (Lipinski definition) is 16. The van der Waals surface area contributed by atoms with Gasteiger partial charge in [-0.3, -0.25) is 57.5 Å². The smallest absolute Gasteiger partial charge is 0.237 e. The number of benzene rings is 2. The van der Waals surface area contributed by atoms with Gasteiger partial charge in [0.25, 0.3) is 0 Å². The fourth-order valence-electron chi connectivity index (χ4n) is 9.90. The summed E-state index contributed by atoms with van der Waals surface area (Å²) < 4.78 is 0. The van der Waals surface area contributed by atoms with Crippen molar-refractivity contribution in [1.29, 1.82) is 0 Å². The molecule has 15 N–H and O–H groups in total. The lowest BCUT2D eigenvalue weighted by Crippen LogP contribution is -2.49. The Bertz CT molecular complexity index is 2570. The van der Waals surface area contributed by atoms with Crippen LogP contribution in [0.2, 0.25) is 0 Å². The molecule has 2 aromatic rings. The highest BCUT2D eigenvalue weighted by Gasteiger charge is 2.35. The molecule has 0 aliphatic carbocycles. The second kappa shape index (κ2) is 41.5. The van der Waals surface area contributed by atoms with E-state index in [-0.39, 0.29) is 99.9 Å².